The number of nitrogens with zero attached hydrogens (tertiary/aromatic N) is 1. The van der Waals surface area contributed by atoms with Crippen LogP contribution < -0.4 is 5.56 Å². The molecule has 0 aliphatic carbocycles. The van der Waals surface area contributed by atoms with Crippen molar-refractivity contribution >= 4 is 0 Å². The van der Waals surface area contributed by atoms with E-state index >= 15 is 0 Å². The molecular formula is C17H19NO. The van der Waals surface area contributed by atoms with Crippen molar-refractivity contribution in [3.8, 4) is 0 Å². The Labute approximate surface area is 114 Å². The van der Waals surface area contributed by atoms with Crippen LogP contribution in [-0.2, 0) is 6.42 Å². The molecule has 98 valence electrons. The van der Waals surface area contributed by atoms with Crippen molar-refractivity contribution in [1.82, 2.24) is 4.57 Å². The summed E-state index contributed by atoms with van der Waals surface area (Å²) in [6.45, 7) is 3.84. The zero-order valence-electron chi connectivity index (χ0n) is 11.0. The van der Waals surface area contributed by atoms with Gasteiger partial charge in [0.1, 0.15) is 0 Å². The van der Waals surface area contributed by atoms with Crippen LogP contribution in [0.3, 0.4) is 0 Å². The maximum atomic E-state index is 11.8. The van der Waals surface area contributed by atoms with Gasteiger partial charge >= 0.3 is 0 Å². The highest BCUT2D eigenvalue weighted by atomic mass is 16.1. The van der Waals surface area contributed by atoms with Gasteiger partial charge in [0.15, 0.2) is 0 Å². The van der Waals surface area contributed by atoms with E-state index in [1.807, 2.05) is 24.4 Å². The summed E-state index contributed by atoms with van der Waals surface area (Å²) in [7, 11) is 0. The molecule has 0 N–H and O–H groups in total. The maximum absolute atomic E-state index is 11.8. The average molecular weight is 253 g/mol. The second kappa shape index (κ2) is 6.74. The summed E-state index contributed by atoms with van der Waals surface area (Å²) in [5, 5.41) is 0. The lowest BCUT2D eigenvalue weighted by atomic mass is 10.0. The highest BCUT2D eigenvalue weighted by Crippen LogP contribution is 2.15. The first kappa shape index (κ1) is 13.3. The number of pyridine rings is 1. The Kier molecular flexibility index (Phi) is 4.73. The molecule has 2 nitrogen and oxygen atoms in total. The summed E-state index contributed by atoms with van der Waals surface area (Å²) in [6, 6.07) is 15.7. The quantitative estimate of drug-likeness (QED) is 0.721. The van der Waals surface area contributed by atoms with E-state index < -0.39 is 0 Å². The molecule has 2 heteroatoms. The number of hydrogen-bond donors (Lipinski definition) is 0. The third-order valence-electron chi connectivity index (χ3n) is 3.29. The lowest BCUT2D eigenvalue weighted by Gasteiger charge is -2.15. The van der Waals surface area contributed by atoms with E-state index in [2.05, 4.69) is 30.8 Å². The molecule has 0 radical (unpaired) electrons. The summed E-state index contributed by atoms with van der Waals surface area (Å²) < 4.78 is 1.75. The minimum atomic E-state index is 0.0344. The van der Waals surface area contributed by atoms with Crippen LogP contribution in [0.4, 0.5) is 0 Å². The average Bonchev–Trinajstić information content (AvgIpc) is 2.46. The fourth-order valence-corrected chi connectivity index (χ4v) is 2.24. The number of rotatable bonds is 6. The molecule has 0 amide bonds. The Balaban J connectivity index is 1.96. The van der Waals surface area contributed by atoms with Gasteiger partial charge in [0, 0.05) is 12.3 Å². The Morgan fingerprint density at radius 2 is 1.84 bits per heavy atom. The van der Waals surface area contributed by atoms with Gasteiger partial charge in [0.2, 0.25) is 0 Å². The third kappa shape index (κ3) is 3.68. The van der Waals surface area contributed by atoms with Crippen LogP contribution >= 0.6 is 0 Å². The van der Waals surface area contributed by atoms with Crippen molar-refractivity contribution in [3.05, 3.63) is 83.3 Å². The summed E-state index contributed by atoms with van der Waals surface area (Å²) in [6.07, 6.45) is 6.70. The second-order valence-electron chi connectivity index (χ2n) is 4.63. The molecule has 0 bridgehead atoms. The van der Waals surface area contributed by atoms with E-state index in [1.54, 1.807) is 16.7 Å². The molecule has 2 rings (SSSR count). The molecule has 1 unspecified atom stereocenters. The first-order valence-corrected chi connectivity index (χ1v) is 6.65. The Morgan fingerprint density at radius 3 is 2.53 bits per heavy atom. The molecule has 0 saturated carbocycles. The lowest BCUT2D eigenvalue weighted by molar-refractivity contribution is 0.521. The van der Waals surface area contributed by atoms with Gasteiger partial charge in [-0.1, -0.05) is 42.5 Å². The van der Waals surface area contributed by atoms with Crippen LogP contribution in [0.25, 0.3) is 0 Å². The smallest absolute Gasteiger partial charge is 0.251 e. The van der Waals surface area contributed by atoms with Crippen molar-refractivity contribution < 1.29 is 0 Å². The number of hydrogen-bond acceptors (Lipinski definition) is 1. The zero-order chi connectivity index (χ0) is 13.5. The van der Waals surface area contributed by atoms with Crippen LogP contribution in [0.5, 0.6) is 0 Å². The van der Waals surface area contributed by atoms with Crippen LogP contribution in [0.1, 0.15) is 24.4 Å². The zero-order valence-corrected chi connectivity index (χ0v) is 11.0. The topological polar surface area (TPSA) is 22.0 Å². The molecule has 1 atom stereocenters. The number of allylic oxidation sites excluding steroid dienone is 1. The largest absolute Gasteiger partial charge is 0.309 e. The van der Waals surface area contributed by atoms with E-state index in [4.69, 9.17) is 0 Å². The third-order valence-corrected chi connectivity index (χ3v) is 3.29. The van der Waals surface area contributed by atoms with Crippen LogP contribution in [0, 0.1) is 0 Å². The van der Waals surface area contributed by atoms with Gasteiger partial charge < -0.3 is 4.57 Å². The van der Waals surface area contributed by atoms with Crippen LogP contribution in [0.15, 0.2) is 72.2 Å². The summed E-state index contributed by atoms with van der Waals surface area (Å²) in [4.78, 5) is 11.8. The van der Waals surface area contributed by atoms with Crippen molar-refractivity contribution in [2.45, 2.75) is 25.3 Å². The maximum Gasteiger partial charge on any atom is 0.251 e. The standard InChI is InChI=1S/C17H19NO/c1-2-16(18-14-7-6-13-17(18)19)12-8-11-15-9-4-3-5-10-15/h2-7,9-10,13-14,16H,1,8,11-12H2. The van der Waals surface area contributed by atoms with Crippen molar-refractivity contribution in [2.24, 2.45) is 0 Å². The van der Waals surface area contributed by atoms with E-state index in [1.165, 1.54) is 5.56 Å². The van der Waals surface area contributed by atoms with Crippen LogP contribution in [-0.4, -0.2) is 4.57 Å². The summed E-state index contributed by atoms with van der Waals surface area (Å²) >= 11 is 0. The molecule has 1 aromatic heterocycles. The van der Waals surface area contributed by atoms with E-state index in [0.717, 1.165) is 19.3 Å². The fraction of sp³-hybridized carbons (Fsp3) is 0.235. The molecular weight excluding hydrogens is 234 g/mol. The van der Waals surface area contributed by atoms with Gasteiger partial charge in [-0.3, -0.25) is 4.79 Å². The Morgan fingerprint density at radius 1 is 1.11 bits per heavy atom. The van der Waals surface area contributed by atoms with Gasteiger partial charge in [-0.05, 0) is 30.9 Å². The first-order valence-electron chi connectivity index (χ1n) is 6.65. The Bertz CT molecular complexity index is 571. The van der Waals surface area contributed by atoms with E-state index in [0.29, 0.717) is 0 Å². The molecule has 1 heterocycles. The van der Waals surface area contributed by atoms with Gasteiger partial charge in [0.25, 0.3) is 5.56 Å². The number of benzene rings is 1. The molecule has 2 aromatic rings. The second-order valence-corrected chi connectivity index (χ2v) is 4.63. The van der Waals surface area contributed by atoms with Crippen molar-refractivity contribution in [1.29, 1.82) is 0 Å². The molecule has 0 fully saturated rings. The van der Waals surface area contributed by atoms with Crippen molar-refractivity contribution in [3.63, 3.8) is 0 Å². The molecule has 0 spiro atoms. The molecule has 1 aromatic carbocycles. The number of aromatic nitrogens is 1. The van der Waals surface area contributed by atoms with E-state index in [-0.39, 0.29) is 11.6 Å². The fourth-order valence-electron chi connectivity index (χ4n) is 2.24. The first-order chi connectivity index (χ1) is 9.31. The molecule has 0 aliphatic rings. The molecule has 0 saturated heterocycles. The van der Waals surface area contributed by atoms with Gasteiger partial charge in [-0.2, -0.15) is 0 Å². The summed E-state index contributed by atoms with van der Waals surface area (Å²) in [5.74, 6) is 0. The highest BCUT2D eigenvalue weighted by Gasteiger charge is 2.07. The minimum absolute atomic E-state index is 0.0344. The monoisotopic (exact) mass is 253 g/mol. The predicted octanol–water partition coefficient (Wildman–Crippen LogP) is 3.60. The highest BCUT2D eigenvalue weighted by molar-refractivity contribution is 5.14. The molecule has 19 heavy (non-hydrogen) atoms. The summed E-state index contributed by atoms with van der Waals surface area (Å²) in [5.41, 5.74) is 1.37. The number of aryl methyl sites for hydroxylation is 1. The Hall–Kier alpha value is -2.09. The van der Waals surface area contributed by atoms with Gasteiger partial charge in [0.05, 0.1) is 6.04 Å². The minimum Gasteiger partial charge on any atom is -0.309 e. The van der Waals surface area contributed by atoms with Gasteiger partial charge in [-0.25, -0.2) is 0 Å². The van der Waals surface area contributed by atoms with Gasteiger partial charge in [-0.15, -0.1) is 6.58 Å². The van der Waals surface area contributed by atoms with Crippen molar-refractivity contribution in [2.75, 3.05) is 0 Å². The van der Waals surface area contributed by atoms with Crippen LogP contribution in [0.2, 0.25) is 0 Å². The van der Waals surface area contributed by atoms with E-state index in [9.17, 15) is 4.79 Å². The SMILES string of the molecule is C=CC(CCCc1ccccc1)n1ccccc1=O. The predicted molar refractivity (Wildman–Crippen MR) is 79.3 cm³/mol. The lowest BCUT2D eigenvalue weighted by Crippen LogP contribution is -2.22. The molecule has 0 aliphatic heterocycles. The normalized spacial score (nSPS) is 12.0.